The number of carboxylic acid groups (broad SMARTS) is 1. The predicted molar refractivity (Wildman–Crippen MR) is 148 cm³/mol. The summed E-state index contributed by atoms with van der Waals surface area (Å²) in [5.74, 6) is -1.98. The number of carbonyl (C=O) groups excluding carboxylic acids is 3. The van der Waals surface area contributed by atoms with Gasteiger partial charge in [0.1, 0.15) is 0 Å². The molecular formula is C30H24Cl2NNaO5. The van der Waals surface area contributed by atoms with Crippen molar-refractivity contribution in [2.24, 2.45) is 0 Å². The summed E-state index contributed by atoms with van der Waals surface area (Å²) in [6.45, 7) is 5.60. The van der Waals surface area contributed by atoms with Gasteiger partial charge in [-0.15, -0.1) is 6.58 Å². The van der Waals surface area contributed by atoms with Crippen LogP contribution >= 0.6 is 23.2 Å². The minimum absolute atomic E-state index is 0. The molecule has 194 valence electrons. The number of aryl methyl sites for hydroxylation is 1. The smallest absolute Gasteiger partial charge is 0.545 e. The zero-order valence-electron chi connectivity index (χ0n) is 21.7. The Morgan fingerprint density at radius 1 is 0.974 bits per heavy atom. The van der Waals surface area contributed by atoms with Gasteiger partial charge in [0.2, 0.25) is 5.78 Å². The van der Waals surface area contributed by atoms with E-state index in [2.05, 4.69) is 11.9 Å². The van der Waals surface area contributed by atoms with E-state index >= 15 is 0 Å². The molecule has 39 heavy (non-hydrogen) atoms. The normalized spacial score (nSPS) is 13.0. The van der Waals surface area contributed by atoms with Gasteiger partial charge in [-0.2, -0.15) is 0 Å². The number of halogens is 2. The summed E-state index contributed by atoms with van der Waals surface area (Å²) >= 11 is 12.2. The molecule has 0 bridgehead atoms. The standard InChI is InChI=1S/C16H14O3.C14H11Cl2NO2.Na/c1-3-12(11-7-5-4-6-8-11)13-9-15(18)16(19-2)10-14(13)17;1-8-6-7-10(15)13(12(8)16)17-11-5-3-2-4-9(11)14(18)19;/h3-10,12H,1H2,2H3;2-7,17H,1H3,(H,18,19);/q;;+1/p-1. The first kappa shape index (κ1) is 32.1. The summed E-state index contributed by atoms with van der Waals surface area (Å²) in [7, 11) is 1.37. The number of hydrogen-bond acceptors (Lipinski definition) is 6. The fraction of sp³-hybridized carbons (Fsp3) is 0.100. The third kappa shape index (κ3) is 7.94. The van der Waals surface area contributed by atoms with Crippen LogP contribution in [0.3, 0.4) is 0 Å². The Balaban J connectivity index is 0.000000267. The average molecular weight is 572 g/mol. The Bertz CT molecular complexity index is 1450. The van der Waals surface area contributed by atoms with E-state index in [1.54, 1.807) is 36.4 Å². The topological polar surface area (TPSA) is 95.5 Å². The van der Waals surface area contributed by atoms with Gasteiger partial charge in [0.15, 0.2) is 11.5 Å². The first-order valence-electron chi connectivity index (χ1n) is 11.4. The predicted octanol–water partition coefficient (Wildman–Crippen LogP) is 2.98. The quantitative estimate of drug-likeness (QED) is 0.266. The Morgan fingerprint density at radius 3 is 2.23 bits per heavy atom. The van der Waals surface area contributed by atoms with Crippen LogP contribution < -0.4 is 40.0 Å². The summed E-state index contributed by atoms with van der Waals surface area (Å²) in [6.07, 6.45) is 4.23. The van der Waals surface area contributed by atoms with E-state index in [0.717, 1.165) is 11.1 Å². The minimum Gasteiger partial charge on any atom is -0.545 e. The molecule has 1 N–H and O–H groups in total. The van der Waals surface area contributed by atoms with Crippen molar-refractivity contribution < 1.29 is 53.8 Å². The molecule has 1 aliphatic carbocycles. The van der Waals surface area contributed by atoms with Crippen molar-refractivity contribution in [1.82, 2.24) is 0 Å². The largest absolute Gasteiger partial charge is 1.00 e. The molecule has 3 aromatic rings. The van der Waals surface area contributed by atoms with Crippen LogP contribution in [0, 0.1) is 6.92 Å². The summed E-state index contributed by atoms with van der Waals surface area (Å²) in [4.78, 5) is 34.9. The van der Waals surface area contributed by atoms with Crippen molar-refractivity contribution in [3.63, 3.8) is 0 Å². The number of nitrogens with one attached hydrogen (secondary N) is 1. The second kappa shape index (κ2) is 14.9. The fourth-order valence-electron chi connectivity index (χ4n) is 3.74. The molecule has 0 amide bonds. The summed E-state index contributed by atoms with van der Waals surface area (Å²) in [5, 5.41) is 14.9. The van der Waals surface area contributed by atoms with Gasteiger partial charge in [-0.3, -0.25) is 9.59 Å². The van der Waals surface area contributed by atoms with Crippen LogP contribution in [-0.2, 0) is 14.3 Å². The third-order valence-corrected chi connectivity index (χ3v) is 6.52. The van der Waals surface area contributed by atoms with Crippen LogP contribution in [-0.4, -0.2) is 24.6 Å². The van der Waals surface area contributed by atoms with Gasteiger partial charge in [-0.1, -0.05) is 83.9 Å². The number of anilines is 2. The number of allylic oxidation sites excluding steroid dienone is 4. The number of para-hydroxylation sites is 1. The molecule has 0 aliphatic heterocycles. The molecule has 0 spiro atoms. The molecule has 0 saturated heterocycles. The van der Waals surface area contributed by atoms with E-state index in [4.69, 9.17) is 27.9 Å². The maximum Gasteiger partial charge on any atom is 1.00 e. The number of carboxylic acids is 1. The molecular weight excluding hydrogens is 548 g/mol. The van der Waals surface area contributed by atoms with E-state index in [9.17, 15) is 19.5 Å². The van der Waals surface area contributed by atoms with Crippen LogP contribution in [0.2, 0.25) is 10.0 Å². The Hall–Kier alpha value is -3.13. The van der Waals surface area contributed by atoms with E-state index < -0.39 is 5.97 Å². The molecule has 0 heterocycles. The maximum atomic E-state index is 12.1. The first-order valence-corrected chi connectivity index (χ1v) is 12.2. The van der Waals surface area contributed by atoms with Gasteiger partial charge in [-0.25, -0.2) is 0 Å². The van der Waals surface area contributed by atoms with E-state index in [-0.39, 0.29) is 58.4 Å². The molecule has 9 heteroatoms. The molecule has 1 atom stereocenters. The molecule has 0 saturated carbocycles. The number of rotatable bonds is 7. The van der Waals surface area contributed by atoms with E-state index in [1.165, 1.54) is 25.3 Å². The molecule has 0 fully saturated rings. The Morgan fingerprint density at radius 2 is 1.62 bits per heavy atom. The zero-order valence-corrected chi connectivity index (χ0v) is 25.2. The van der Waals surface area contributed by atoms with E-state index in [0.29, 0.717) is 27.0 Å². The number of ketones is 2. The second-order valence-corrected chi connectivity index (χ2v) is 8.96. The van der Waals surface area contributed by atoms with Gasteiger partial charge < -0.3 is 20.0 Å². The van der Waals surface area contributed by atoms with Crippen molar-refractivity contribution in [2.75, 3.05) is 12.4 Å². The molecule has 1 unspecified atom stereocenters. The SMILES string of the molecule is C=CC(C1=CC(=O)C(OC)=CC1=O)c1ccccc1.Cc1ccc(Cl)c(Nc2ccccc2C(=O)[O-])c1Cl.[Na+]. The van der Waals surface area contributed by atoms with Crippen LogP contribution in [0.1, 0.15) is 27.4 Å². The molecule has 0 aromatic heterocycles. The van der Waals surface area contributed by atoms with Crippen LogP contribution in [0.25, 0.3) is 0 Å². The van der Waals surface area contributed by atoms with Gasteiger partial charge in [-0.05, 0) is 36.3 Å². The number of aromatic carboxylic acids is 1. The fourth-order valence-corrected chi connectivity index (χ4v) is 4.20. The average Bonchev–Trinajstić information content (AvgIpc) is 2.92. The monoisotopic (exact) mass is 571 g/mol. The molecule has 4 rings (SSSR count). The maximum absolute atomic E-state index is 12.1. The van der Waals surface area contributed by atoms with Crippen LogP contribution in [0.15, 0.2) is 103 Å². The van der Waals surface area contributed by atoms with Gasteiger partial charge >= 0.3 is 29.6 Å². The third-order valence-electron chi connectivity index (χ3n) is 5.72. The van der Waals surface area contributed by atoms with Crippen molar-refractivity contribution in [3.05, 3.63) is 130 Å². The van der Waals surface area contributed by atoms with Gasteiger partial charge in [0, 0.05) is 28.8 Å². The number of carbonyl (C=O) groups is 3. The minimum atomic E-state index is -1.26. The Labute approximate surface area is 259 Å². The first-order chi connectivity index (χ1) is 18.2. The van der Waals surface area contributed by atoms with Gasteiger partial charge in [0.25, 0.3) is 0 Å². The van der Waals surface area contributed by atoms with Crippen LogP contribution in [0.5, 0.6) is 0 Å². The number of hydrogen-bond donors (Lipinski definition) is 1. The summed E-state index contributed by atoms with van der Waals surface area (Å²) in [6, 6.07) is 19.4. The van der Waals surface area contributed by atoms with Crippen molar-refractivity contribution >= 4 is 52.1 Å². The molecule has 1 aliphatic rings. The molecule has 3 aromatic carbocycles. The van der Waals surface area contributed by atoms with E-state index in [1.807, 2.05) is 37.3 Å². The Kier molecular flexibility index (Phi) is 12.2. The number of benzene rings is 3. The van der Waals surface area contributed by atoms with Crippen molar-refractivity contribution in [1.29, 1.82) is 0 Å². The van der Waals surface area contributed by atoms with Crippen molar-refractivity contribution in [3.8, 4) is 0 Å². The van der Waals surface area contributed by atoms with Crippen molar-refractivity contribution in [2.45, 2.75) is 12.8 Å². The number of methoxy groups -OCH3 is 1. The zero-order chi connectivity index (χ0) is 27.8. The number of ether oxygens (including phenoxy) is 1. The molecule has 0 radical (unpaired) electrons. The summed E-state index contributed by atoms with van der Waals surface area (Å²) < 4.78 is 4.86. The molecule has 6 nitrogen and oxygen atoms in total. The second-order valence-electron chi connectivity index (χ2n) is 8.18. The van der Waals surface area contributed by atoms with Crippen LogP contribution in [0.4, 0.5) is 11.4 Å². The summed E-state index contributed by atoms with van der Waals surface area (Å²) in [5.41, 5.74) is 3.12. The van der Waals surface area contributed by atoms with Gasteiger partial charge in [0.05, 0.1) is 28.8 Å².